The smallest absolute Gasteiger partial charge is 0.229 e. The molecule has 0 spiro atoms. The normalized spacial score (nSPS) is 17.3. The standard InChI is InChI=1S/C19H22N4O2/c1-11(2)19-18-14(13-6-4-5-7-15(13)20-18)8-9-23(19)17(24)10-16-12(3)21-25-22-16/h4-7,11,19-20H,8-10H2,1-3H3. The number of rotatable bonds is 3. The number of carbonyl (C=O) groups is 1. The summed E-state index contributed by atoms with van der Waals surface area (Å²) in [5.74, 6) is 0.384. The van der Waals surface area contributed by atoms with Crippen LogP contribution in [0.15, 0.2) is 28.9 Å². The molecule has 25 heavy (non-hydrogen) atoms. The van der Waals surface area contributed by atoms with Gasteiger partial charge in [0.15, 0.2) is 0 Å². The van der Waals surface area contributed by atoms with Gasteiger partial charge in [-0.1, -0.05) is 42.4 Å². The Hall–Kier alpha value is -2.63. The summed E-state index contributed by atoms with van der Waals surface area (Å²) in [5.41, 5.74) is 4.96. The molecule has 1 N–H and O–H groups in total. The number of aryl methyl sites for hydroxylation is 1. The van der Waals surface area contributed by atoms with Crippen LogP contribution in [-0.4, -0.2) is 32.6 Å². The van der Waals surface area contributed by atoms with Gasteiger partial charge in [0.25, 0.3) is 0 Å². The molecule has 0 bridgehead atoms. The van der Waals surface area contributed by atoms with E-state index in [-0.39, 0.29) is 18.4 Å². The zero-order valence-electron chi connectivity index (χ0n) is 14.7. The van der Waals surface area contributed by atoms with Gasteiger partial charge in [-0.2, -0.15) is 0 Å². The molecule has 1 amide bonds. The fourth-order valence-electron chi connectivity index (χ4n) is 3.90. The number of fused-ring (bicyclic) bond motifs is 3. The van der Waals surface area contributed by atoms with Gasteiger partial charge in [0.2, 0.25) is 5.91 Å². The van der Waals surface area contributed by atoms with E-state index in [1.807, 2.05) is 17.9 Å². The third kappa shape index (κ3) is 2.62. The number of H-pyrrole nitrogens is 1. The number of hydrogen-bond acceptors (Lipinski definition) is 4. The Morgan fingerprint density at radius 2 is 2.16 bits per heavy atom. The van der Waals surface area contributed by atoms with E-state index in [0.29, 0.717) is 17.3 Å². The van der Waals surface area contributed by atoms with Crippen LogP contribution in [0.2, 0.25) is 0 Å². The fraction of sp³-hybridized carbons (Fsp3) is 0.421. The van der Waals surface area contributed by atoms with Gasteiger partial charge in [-0.25, -0.2) is 4.63 Å². The summed E-state index contributed by atoms with van der Waals surface area (Å²) < 4.78 is 4.73. The molecule has 0 aliphatic carbocycles. The minimum atomic E-state index is 0.0452. The lowest BCUT2D eigenvalue weighted by atomic mass is 9.90. The summed E-state index contributed by atoms with van der Waals surface area (Å²) in [7, 11) is 0. The second kappa shape index (κ2) is 6.02. The molecular formula is C19H22N4O2. The van der Waals surface area contributed by atoms with Gasteiger partial charge in [-0.3, -0.25) is 4.79 Å². The number of aromatic amines is 1. The van der Waals surface area contributed by atoms with E-state index in [9.17, 15) is 4.79 Å². The molecule has 1 aromatic carbocycles. The Morgan fingerprint density at radius 3 is 2.88 bits per heavy atom. The van der Waals surface area contributed by atoms with Gasteiger partial charge in [0, 0.05) is 23.1 Å². The lowest BCUT2D eigenvalue weighted by Crippen LogP contribution is -2.43. The molecule has 3 heterocycles. The summed E-state index contributed by atoms with van der Waals surface area (Å²) in [6, 6.07) is 8.41. The molecule has 0 radical (unpaired) electrons. The quantitative estimate of drug-likeness (QED) is 0.796. The minimum absolute atomic E-state index is 0.0452. The van der Waals surface area contributed by atoms with Crippen LogP contribution < -0.4 is 0 Å². The van der Waals surface area contributed by atoms with Gasteiger partial charge < -0.3 is 9.88 Å². The SMILES string of the molecule is Cc1nonc1CC(=O)N1CCc2c([nH]c3ccccc23)C1C(C)C. The molecule has 0 saturated carbocycles. The number of hydrogen-bond donors (Lipinski definition) is 1. The highest BCUT2D eigenvalue weighted by Gasteiger charge is 2.35. The molecule has 1 unspecified atom stereocenters. The van der Waals surface area contributed by atoms with E-state index in [4.69, 9.17) is 4.63 Å². The Bertz CT molecular complexity index is 925. The van der Waals surface area contributed by atoms with Crippen LogP contribution in [0, 0.1) is 12.8 Å². The summed E-state index contributed by atoms with van der Waals surface area (Å²) in [6.07, 6.45) is 1.10. The third-order valence-electron chi connectivity index (χ3n) is 5.10. The van der Waals surface area contributed by atoms with Crippen LogP contribution in [0.25, 0.3) is 10.9 Å². The maximum atomic E-state index is 13.0. The van der Waals surface area contributed by atoms with Crippen LogP contribution in [0.3, 0.4) is 0 Å². The summed E-state index contributed by atoms with van der Waals surface area (Å²) >= 11 is 0. The molecule has 1 aliphatic rings. The van der Waals surface area contributed by atoms with Gasteiger partial charge in [-0.15, -0.1) is 0 Å². The average Bonchev–Trinajstić information content (AvgIpc) is 3.17. The van der Waals surface area contributed by atoms with Gasteiger partial charge in [-0.05, 0) is 30.9 Å². The van der Waals surface area contributed by atoms with E-state index in [1.165, 1.54) is 16.6 Å². The third-order valence-corrected chi connectivity index (χ3v) is 5.10. The van der Waals surface area contributed by atoms with Crippen LogP contribution in [0.5, 0.6) is 0 Å². The highest BCUT2D eigenvalue weighted by molar-refractivity contribution is 5.86. The summed E-state index contributed by atoms with van der Waals surface area (Å²) in [6.45, 7) is 6.86. The van der Waals surface area contributed by atoms with E-state index in [1.54, 1.807) is 0 Å². The second-order valence-electron chi connectivity index (χ2n) is 7.06. The average molecular weight is 338 g/mol. The lowest BCUT2D eigenvalue weighted by Gasteiger charge is -2.38. The van der Waals surface area contributed by atoms with E-state index >= 15 is 0 Å². The molecule has 1 atom stereocenters. The Kier molecular flexibility index (Phi) is 3.82. The van der Waals surface area contributed by atoms with Crippen molar-refractivity contribution < 1.29 is 9.42 Å². The van der Waals surface area contributed by atoms with Crippen LogP contribution in [-0.2, 0) is 17.6 Å². The minimum Gasteiger partial charge on any atom is -0.356 e. The van der Waals surface area contributed by atoms with Crippen LogP contribution in [0.1, 0.15) is 42.5 Å². The molecule has 3 aromatic rings. The molecule has 2 aromatic heterocycles. The second-order valence-corrected chi connectivity index (χ2v) is 7.06. The number of aromatic nitrogens is 3. The Balaban J connectivity index is 1.70. The number of nitrogens with zero attached hydrogens (tertiary/aromatic N) is 3. The highest BCUT2D eigenvalue weighted by Crippen LogP contribution is 2.38. The first-order valence-electron chi connectivity index (χ1n) is 8.73. The maximum absolute atomic E-state index is 13.0. The zero-order chi connectivity index (χ0) is 17.6. The van der Waals surface area contributed by atoms with Gasteiger partial charge >= 0.3 is 0 Å². The van der Waals surface area contributed by atoms with Crippen molar-refractivity contribution in [2.24, 2.45) is 5.92 Å². The summed E-state index contributed by atoms with van der Waals surface area (Å²) in [5, 5.41) is 8.90. The van der Waals surface area contributed by atoms with Crippen molar-refractivity contribution in [3.05, 3.63) is 46.9 Å². The lowest BCUT2D eigenvalue weighted by molar-refractivity contribution is -0.134. The van der Waals surface area contributed by atoms with Gasteiger partial charge in [0.05, 0.1) is 12.5 Å². The number of carbonyl (C=O) groups excluding carboxylic acids is 1. The number of benzene rings is 1. The van der Waals surface area contributed by atoms with Crippen molar-refractivity contribution in [2.75, 3.05) is 6.54 Å². The molecular weight excluding hydrogens is 316 g/mol. The molecule has 130 valence electrons. The molecule has 4 rings (SSSR count). The van der Waals surface area contributed by atoms with Crippen molar-refractivity contribution in [1.29, 1.82) is 0 Å². The van der Waals surface area contributed by atoms with E-state index in [2.05, 4.69) is 47.3 Å². The predicted octanol–water partition coefficient (Wildman–Crippen LogP) is 3.18. The van der Waals surface area contributed by atoms with Crippen molar-refractivity contribution in [3.8, 4) is 0 Å². The largest absolute Gasteiger partial charge is 0.356 e. The monoisotopic (exact) mass is 338 g/mol. The van der Waals surface area contributed by atoms with Crippen molar-refractivity contribution in [2.45, 2.75) is 39.7 Å². The molecule has 1 aliphatic heterocycles. The number of amides is 1. The first-order valence-corrected chi connectivity index (χ1v) is 8.73. The first-order chi connectivity index (χ1) is 12.1. The molecule has 6 nitrogen and oxygen atoms in total. The predicted molar refractivity (Wildman–Crippen MR) is 94.0 cm³/mol. The topological polar surface area (TPSA) is 75.0 Å². The Morgan fingerprint density at radius 1 is 1.36 bits per heavy atom. The van der Waals surface area contributed by atoms with Crippen molar-refractivity contribution in [1.82, 2.24) is 20.2 Å². The van der Waals surface area contributed by atoms with Gasteiger partial charge in [0.1, 0.15) is 11.4 Å². The van der Waals surface area contributed by atoms with Crippen molar-refractivity contribution in [3.63, 3.8) is 0 Å². The van der Waals surface area contributed by atoms with Crippen LogP contribution in [0.4, 0.5) is 0 Å². The van der Waals surface area contributed by atoms with E-state index in [0.717, 1.165) is 18.5 Å². The highest BCUT2D eigenvalue weighted by atomic mass is 16.6. The first kappa shape index (κ1) is 15.9. The zero-order valence-corrected chi connectivity index (χ0v) is 14.7. The fourth-order valence-corrected chi connectivity index (χ4v) is 3.90. The number of nitrogens with one attached hydrogen (secondary N) is 1. The van der Waals surface area contributed by atoms with Crippen LogP contribution >= 0.6 is 0 Å². The Labute approximate surface area is 146 Å². The van der Waals surface area contributed by atoms with E-state index < -0.39 is 0 Å². The molecule has 6 heteroatoms. The summed E-state index contributed by atoms with van der Waals surface area (Å²) in [4.78, 5) is 18.5. The van der Waals surface area contributed by atoms with Crippen molar-refractivity contribution >= 4 is 16.8 Å². The number of para-hydroxylation sites is 1. The maximum Gasteiger partial charge on any atom is 0.229 e. The molecule has 0 fully saturated rings. The molecule has 0 saturated heterocycles.